The topological polar surface area (TPSA) is 41.9 Å². The molecule has 102 valence electrons. The molecule has 0 saturated carbocycles. The highest BCUT2D eigenvalue weighted by molar-refractivity contribution is 5.31. The average molecular weight is 253 g/mol. The normalized spacial score (nSPS) is 10.7. The van der Waals surface area contributed by atoms with E-state index in [0.717, 1.165) is 37.6 Å². The highest BCUT2D eigenvalue weighted by Crippen LogP contribution is 2.16. The predicted molar refractivity (Wildman–Crippen MR) is 72.3 cm³/mol. The maximum absolute atomic E-state index is 8.79. The fraction of sp³-hybridized carbons (Fsp3) is 0.571. The summed E-state index contributed by atoms with van der Waals surface area (Å²) in [4.78, 5) is 2.26. The molecule has 0 unspecified atom stereocenters. The molecule has 0 bridgehead atoms. The van der Waals surface area contributed by atoms with Gasteiger partial charge in [-0.25, -0.2) is 0 Å². The lowest BCUT2D eigenvalue weighted by atomic mass is 10.3. The summed E-state index contributed by atoms with van der Waals surface area (Å²) in [6, 6.07) is 7.59. The Labute approximate surface area is 109 Å². The summed E-state index contributed by atoms with van der Waals surface area (Å²) in [5.74, 6) is 1.69. The summed E-state index contributed by atoms with van der Waals surface area (Å²) in [5, 5.41) is 8.79. The van der Waals surface area contributed by atoms with Crippen LogP contribution in [-0.4, -0.2) is 50.0 Å². The maximum atomic E-state index is 8.79. The van der Waals surface area contributed by atoms with Gasteiger partial charge in [0.2, 0.25) is 0 Å². The van der Waals surface area contributed by atoms with Gasteiger partial charge in [0.15, 0.2) is 0 Å². The molecule has 0 aliphatic heterocycles. The minimum atomic E-state index is 0.246. The third-order valence-electron chi connectivity index (χ3n) is 2.82. The minimum absolute atomic E-state index is 0.246. The Morgan fingerprint density at radius 2 is 1.78 bits per heavy atom. The Morgan fingerprint density at radius 3 is 2.33 bits per heavy atom. The fourth-order valence-electron chi connectivity index (χ4n) is 1.69. The number of hydrogen-bond acceptors (Lipinski definition) is 4. The molecular weight excluding hydrogens is 230 g/mol. The molecule has 0 aliphatic carbocycles. The zero-order valence-electron chi connectivity index (χ0n) is 11.3. The molecule has 4 heteroatoms. The second-order valence-corrected chi connectivity index (χ2v) is 4.04. The first-order valence-corrected chi connectivity index (χ1v) is 6.40. The van der Waals surface area contributed by atoms with E-state index in [9.17, 15) is 0 Å². The quantitative estimate of drug-likeness (QED) is 0.728. The van der Waals surface area contributed by atoms with Crippen LogP contribution in [0.5, 0.6) is 11.5 Å². The van der Waals surface area contributed by atoms with Gasteiger partial charge in [0, 0.05) is 19.7 Å². The fourth-order valence-corrected chi connectivity index (χ4v) is 1.69. The molecule has 0 atom stereocenters. The van der Waals surface area contributed by atoms with E-state index in [1.54, 1.807) is 7.11 Å². The summed E-state index contributed by atoms with van der Waals surface area (Å²) >= 11 is 0. The smallest absolute Gasteiger partial charge is 0.119 e. The van der Waals surface area contributed by atoms with Gasteiger partial charge in [-0.2, -0.15) is 0 Å². The summed E-state index contributed by atoms with van der Waals surface area (Å²) in [6.45, 7) is 5.79. The van der Waals surface area contributed by atoms with E-state index in [4.69, 9.17) is 14.6 Å². The summed E-state index contributed by atoms with van der Waals surface area (Å²) in [7, 11) is 1.65. The largest absolute Gasteiger partial charge is 0.497 e. The van der Waals surface area contributed by atoms with Crippen molar-refractivity contribution in [3.05, 3.63) is 24.3 Å². The number of methoxy groups -OCH3 is 1. The second kappa shape index (κ2) is 8.78. The van der Waals surface area contributed by atoms with Gasteiger partial charge in [0.25, 0.3) is 0 Å². The van der Waals surface area contributed by atoms with E-state index in [1.165, 1.54) is 0 Å². The SMILES string of the molecule is CCN(CCCO)CCOc1ccc(OC)cc1. The number of aliphatic hydroxyl groups excluding tert-OH is 1. The molecular formula is C14H23NO3. The van der Waals surface area contributed by atoms with Gasteiger partial charge in [-0.05, 0) is 37.2 Å². The van der Waals surface area contributed by atoms with Gasteiger partial charge in [0.1, 0.15) is 18.1 Å². The van der Waals surface area contributed by atoms with E-state index in [1.807, 2.05) is 24.3 Å². The zero-order valence-corrected chi connectivity index (χ0v) is 11.3. The van der Waals surface area contributed by atoms with Crippen LogP contribution in [0.4, 0.5) is 0 Å². The number of benzene rings is 1. The molecule has 0 amide bonds. The van der Waals surface area contributed by atoms with Crippen LogP contribution >= 0.6 is 0 Å². The van der Waals surface area contributed by atoms with Crippen LogP contribution in [-0.2, 0) is 0 Å². The van der Waals surface area contributed by atoms with Crippen LogP contribution in [0.2, 0.25) is 0 Å². The molecule has 18 heavy (non-hydrogen) atoms. The lowest BCUT2D eigenvalue weighted by molar-refractivity contribution is 0.195. The molecule has 1 rings (SSSR count). The third-order valence-corrected chi connectivity index (χ3v) is 2.82. The van der Waals surface area contributed by atoms with E-state index >= 15 is 0 Å². The molecule has 1 aromatic carbocycles. The highest BCUT2D eigenvalue weighted by Gasteiger charge is 2.02. The van der Waals surface area contributed by atoms with Crippen LogP contribution in [0.25, 0.3) is 0 Å². The van der Waals surface area contributed by atoms with Gasteiger partial charge in [-0.1, -0.05) is 6.92 Å². The van der Waals surface area contributed by atoms with Crippen LogP contribution in [0, 0.1) is 0 Å². The van der Waals surface area contributed by atoms with Gasteiger partial charge in [-0.3, -0.25) is 0 Å². The Bertz CT molecular complexity index is 313. The van der Waals surface area contributed by atoms with Crippen molar-refractivity contribution in [2.45, 2.75) is 13.3 Å². The van der Waals surface area contributed by atoms with Crippen molar-refractivity contribution in [3.63, 3.8) is 0 Å². The van der Waals surface area contributed by atoms with Gasteiger partial charge in [0.05, 0.1) is 7.11 Å². The molecule has 1 N–H and O–H groups in total. The van der Waals surface area contributed by atoms with Crippen molar-refractivity contribution in [2.24, 2.45) is 0 Å². The number of nitrogens with zero attached hydrogens (tertiary/aromatic N) is 1. The molecule has 0 aromatic heterocycles. The van der Waals surface area contributed by atoms with Crippen LogP contribution in [0.15, 0.2) is 24.3 Å². The number of likely N-dealkylation sites (N-methyl/N-ethyl adjacent to an activating group) is 1. The summed E-state index contributed by atoms with van der Waals surface area (Å²) in [5.41, 5.74) is 0. The number of hydrogen-bond donors (Lipinski definition) is 1. The van der Waals surface area contributed by atoms with Crippen LogP contribution in [0.3, 0.4) is 0 Å². The monoisotopic (exact) mass is 253 g/mol. The number of ether oxygens (including phenoxy) is 2. The van der Waals surface area contributed by atoms with Crippen molar-refractivity contribution in [3.8, 4) is 11.5 Å². The Kier molecular flexibility index (Phi) is 7.22. The van der Waals surface area contributed by atoms with Gasteiger partial charge >= 0.3 is 0 Å². The lowest BCUT2D eigenvalue weighted by Gasteiger charge is -2.19. The third kappa shape index (κ3) is 5.38. The van der Waals surface area contributed by atoms with Gasteiger partial charge in [-0.15, -0.1) is 0 Å². The van der Waals surface area contributed by atoms with E-state index < -0.39 is 0 Å². The Hall–Kier alpha value is -1.26. The van der Waals surface area contributed by atoms with Crippen LogP contribution in [0.1, 0.15) is 13.3 Å². The van der Waals surface area contributed by atoms with E-state index in [2.05, 4.69) is 11.8 Å². The molecule has 0 spiro atoms. The first-order valence-electron chi connectivity index (χ1n) is 6.40. The first kappa shape index (κ1) is 14.8. The molecule has 4 nitrogen and oxygen atoms in total. The Balaban J connectivity index is 2.26. The zero-order chi connectivity index (χ0) is 13.2. The minimum Gasteiger partial charge on any atom is -0.497 e. The lowest BCUT2D eigenvalue weighted by Crippen LogP contribution is -2.29. The maximum Gasteiger partial charge on any atom is 0.119 e. The predicted octanol–water partition coefficient (Wildman–Crippen LogP) is 1.78. The number of rotatable bonds is 9. The number of aliphatic hydroxyl groups is 1. The Morgan fingerprint density at radius 1 is 1.11 bits per heavy atom. The molecule has 0 radical (unpaired) electrons. The van der Waals surface area contributed by atoms with Crippen molar-refractivity contribution in [1.29, 1.82) is 0 Å². The molecule has 0 fully saturated rings. The van der Waals surface area contributed by atoms with Crippen molar-refractivity contribution >= 4 is 0 Å². The highest BCUT2D eigenvalue weighted by atomic mass is 16.5. The van der Waals surface area contributed by atoms with Crippen molar-refractivity contribution in [2.75, 3.05) is 40.0 Å². The van der Waals surface area contributed by atoms with Crippen molar-refractivity contribution in [1.82, 2.24) is 4.90 Å². The first-order chi connectivity index (χ1) is 8.80. The molecule has 0 saturated heterocycles. The summed E-state index contributed by atoms with van der Waals surface area (Å²) in [6.07, 6.45) is 0.816. The second-order valence-electron chi connectivity index (χ2n) is 4.04. The molecule has 0 heterocycles. The van der Waals surface area contributed by atoms with Gasteiger partial charge < -0.3 is 19.5 Å². The van der Waals surface area contributed by atoms with Crippen molar-refractivity contribution < 1.29 is 14.6 Å². The van der Waals surface area contributed by atoms with E-state index in [0.29, 0.717) is 6.61 Å². The standard InChI is InChI=1S/C14H23NO3/c1-3-15(9-4-11-16)10-12-18-14-7-5-13(17-2)6-8-14/h5-8,16H,3-4,9-12H2,1-2H3. The van der Waals surface area contributed by atoms with E-state index in [-0.39, 0.29) is 6.61 Å². The molecule has 0 aliphatic rings. The molecule has 1 aromatic rings. The van der Waals surface area contributed by atoms with Crippen LogP contribution < -0.4 is 9.47 Å². The average Bonchev–Trinajstić information content (AvgIpc) is 2.43. The summed E-state index contributed by atoms with van der Waals surface area (Å²) < 4.78 is 10.7.